The molecule has 2 aliphatic heterocycles. The van der Waals surface area contributed by atoms with Crippen LogP contribution in [0.15, 0.2) is 52.4 Å². The van der Waals surface area contributed by atoms with Gasteiger partial charge in [-0.05, 0) is 28.1 Å². The number of tetrazole rings is 1. The van der Waals surface area contributed by atoms with Gasteiger partial charge in [-0.3, -0.25) is 19.3 Å². The number of carbonyl (C=O) groups is 4. The minimum absolute atomic E-state index is 0.00955. The summed E-state index contributed by atoms with van der Waals surface area (Å²) in [6.07, 6.45) is 1.86. The van der Waals surface area contributed by atoms with Crippen molar-refractivity contribution in [3.8, 4) is 0 Å². The number of thioether (sulfide) groups is 2. The molecule has 15 nitrogen and oxygen atoms in total. The molecule has 0 saturated carbocycles. The number of hydrogen-bond acceptors (Lipinski definition) is 12. The van der Waals surface area contributed by atoms with Gasteiger partial charge in [0.05, 0.1) is 0 Å². The lowest BCUT2D eigenvalue weighted by molar-refractivity contribution is -0.150. The van der Waals surface area contributed by atoms with Crippen molar-refractivity contribution in [2.75, 3.05) is 23.4 Å². The summed E-state index contributed by atoms with van der Waals surface area (Å²) in [6.45, 7) is 3.53. The van der Waals surface area contributed by atoms with Crippen molar-refractivity contribution >= 4 is 59.2 Å². The van der Waals surface area contributed by atoms with Crippen molar-refractivity contribution in [1.29, 1.82) is 0 Å². The van der Waals surface area contributed by atoms with Crippen LogP contribution in [-0.2, 0) is 31.1 Å². The number of carboxylic acids is 1. The number of aromatic nitrogens is 5. The lowest BCUT2D eigenvalue weighted by atomic mass is 10.0. The number of fused-ring (bicyclic) bond motifs is 1. The summed E-state index contributed by atoms with van der Waals surface area (Å²) in [5.41, 5.74) is 0.261. The predicted molar refractivity (Wildman–Crippen MR) is 136 cm³/mol. The summed E-state index contributed by atoms with van der Waals surface area (Å²) in [6, 6.07) is 3.55. The van der Waals surface area contributed by atoms with E-state index in [-0.39, 0.29) is 35.3 Å². The number of nitrogens with zero attached hydrogens (tertiary/aromatic N) is 7. The van der Waals surface area contributed by atoms with Gasteiger partial charge >= 0.3 is 5.97 Å². The van der Waals surface area contributed by atoms with E-state index in [1.165, 1.54) is 51.3 Å². The van der Waals surface area contributed by atoms with Crippen molar-refractivity contribution in [3.05, 3.63) is 47.8 Å². The average molecular weight is 560 g/mol. The van der Waals surface area contributed by atoms with E-state index in [0.717, 1.165) is 0 Å². The fourth-order valence-corrected chi connectivity index (χ4v) is 5.90. The Morgan fingerprint density at radius 1 is 1.42 bits per heavy atom. The van der Waals surface area contributed by atoms with E-state index in [1.807, 2.05) is 0 Å². The Labute approximate surface area is 223 Å². The summed E-state index contributed by atoms with van der Waals surface area (Å²) < 4.78 is 1.46. The first-order valence-corrected chi connectivity index (χ1v) is 12.9. The van der Waals surface area contributed by atoms with Crippen LogP contribution in [0.3, 0.4) is 0 Å². The van der Waals surface area contributed by atoms with Gasteiger partial charge in [-0.15, -0.1) is 16.9 Å². The van der Waals surface area contributed by atoms with Gasteiger partial charge in [0, 0.05) is 18.6 Å². The van der Waals surface area contributed by atoms with Crippen LogP contribution in [0, 0.1) is 0 Å². The Morgan fingerprint density at radius 2 is 2.24 bits per heavy atom. The fourth-order valence-electron chi connectivity index (χ4n) is 3.57. The van der Waals surface area contributed by atoms with E-state index in [4.69, 9.17) is 4.84 Å². The first kappa shape index (κ1) is 26.8. The number of hydrogen-bond donors (Lipinski definition) is 3. The number of pyridine rings is 1. The molecule has 1 unspecified atom stereocenters. The number of anilines is 1. The van der Waals surface area contributed by atoms with Crippen LogP contribution >= 0.6 is 23.5 Å². The SMILES string of the molecule is C=CCO/N=C(\C(=O)NC1C(=O)N2C(C(=O)O)=C(CSc3nnnn3C)CS[C@H]12)c1cccc(NC=O)n1. The molecular weight excluding hydrogens is 538 g/mol. The molecule has 4 rings (SSSR count). The van der Waals surface area contributed by atoms with E-state index in [9.17, 15) is 24.3 Å². The van der Waals surface area contributed by atoms with Crippen molar-refractivity contribution < 1.29 is 29.1 Å². The van der Waals surface area contributed by atoms with Crippen LogP contribution < -0.4 is 10.6 Å². The van der Waals surface area contributed by atoms with Crippen molar-refractivity contribution in [2.24, 2.45) is 12.2 Å². The van der Waals surface area contributed by atoms with Gasteiger partial charge in [0.2, 0.25) is 11.6 Å². The van der Waals surface area contributed by atoms with Gasteiger partial charge in [0.1, 0.15) is 35.2 Å². The topological polar surface area (TPSA) is 194 Å². The fraction of sp³-hybridized carbons (Fsp3) is 0.286. The molecule has 3 amide bonds. The van der Waals surface area contributed by atoms with E-state index in [1.54, 1.807) is 13.1 Å². The second kappa shape index (κ2) is 11.9. The Kier molecular flexibility index (Phi) is 8.37. The van der Waals surface area contributed by atoms with E-state index >= 15 is 0 Å². The average Bonchev–Trinajstić information content (AvgIpc) is 3.32. The number of carbonyl (C=O) groups excluding carboxylic acids is 3. The van der Waals surface area contributed by atoms with Crippen LogP contribution in [0.2, 0.25) is 0 Å². The van der Waals surface area contributed by atoms with Gasteiger partial charge in [-0.2, -0.15) is 0 Å². The molecule has 17 heteroatoms. The minimum atomic E-state index is -1.25. The first-order chi connectivity index (χ1) is 18.3. The predicted octanol–water partition coefficient (Wildman–Crippen LogP) is -0.389. The molecule has 2 aromatic rings. The summed E-state index contributed by atoms with van der Waals surface area (Å²) in [7, 11) is 1.66. The zero-order chi connectivity index (χ0) is 27.2. The number of amides is 3. The number of rotatable bonds is 12. The Hall–Kier alpha value is -4.25. The number of oxime groups is 1. The standard InChI is InChI=1S/C21H21N9O6S2/c1-3-7-36-26-14(12-5-4-6-13(23-12)22-10-31)17(32)24-15-18(33)30-16(20(34)35)11(8-37-19(15)30)9-38-21-25-27-28-29(21)2/h3-6,10,15,19H,1,7-9H2,2H3,(H,24,32)(H,34,35)(H,22,23,31)/b26-14-/t15?,19-/m1/s1. The Bertz CT molecular complexity index is 1340. The van der Waals surface area contributed by atoms with Gasteiger partial charge in [-0.25, -0.2) is 14.5 Å². The third kappa shape index (κ3) is 5.52. The number of aliphatic carboxylic acids is 1. The van der Waals surface area contributed by atoms with Crippen LogP contribution in [0.5, 0.6) is 0 Å². The number of carboxylic acid groups (broad SMARTS) is 1. The zero-order valence-electron chi connectivity index (χ0n) is 19.8. The molecule has 0 bridgehead atoms. The van der Waals surface area contributed by atoms with Crippen LogP contribution in [0.25, 0.3) is 0 Å². The highest BCUT2D eigenvalue weighted by molar-refractivity contribution is 8.01. The minimum Gasteiger partial charge on any atom is -0.477 e. The second-order valence-electron chi connectivity index (χ2n) is 7.69. The van der Waals surface area contributed by atoms with Crippen LogP contribution in [0.4, 0.5) is 5.82 Å². The maximum atomic E-state index is 13.2. The molecule has 198 valence electrons. The lowest BCUT2D eigenvalue weighted by Gasteiger charge is -2.49. The quantitative estimate of drug-likeness (QED) is 0.0581. The molecule has 4 heterocycles. The van der Waals surface area contributed by atoms with Crippen molar-refractivity contribution in [3.63, 3.8) is 0 Å². The molecule has 0 aliphatic carbocycles. The number of β-lactam (4-membered cyclic amide) rings is 1. The summed E-state index contributed by atoms with van der Waals surface area (Å²) in [4.78, 5) is 59.5. The second-order valence-corrected chi connectivity index (χ2v) is 9.73. The summed E-state index contributed by atoms with van der Waals surface area (Å²) >= 11 is 2.58. The third-order valence-electron chi connectivity index (χ3n) is 5.25. The molecule has 2 aliphatic rings. The maximum Gasteiger partial charge on any atom is 0.352 e. The van der Waals surface area contributed by atoms with E-state index in [0.29, 0.717) is 22.9 Å². The molecule has 2 atom stereocenters. The Morgan fingerprint density at radius 3 is 2.92 bits per heavy atom. The molecule has 1 fully saturated rings. The molecule has 3 N–H and O–H groups in total. The highest BCUT2D eigenvalue weighted by Gasteiger charge is 2.54. The molecule has 0 spiro atoms. The molecular formula is C21H21N9O6S2. The first-order valence-electron chi connectivity index (χ1n) is 10.9. The largest absolute Gasteiger partial charge is 0.477 e. The van der Waals surface area contributed by atoms with Crippen molar-refractivity contribution in [1.82, 2.24) is 35.4 Å². The van der Waals surface area contributed by atoms with Gasteiger partial charge in [-0.1, -0.05) is 35.6 Å². The van der Waals surface area contributed by atoms with Gasteiger partial charge in [0.15, 0.2) is 5.71 Å². The molecule has 0 radical (unpaired) electrons. The molecule has 1 saturated heterocycles. The molecule has 38 heavy (non-hydrogen) atoms. The number of nitrogens with one attached hydrogen (secondary N) is 2. The molecule has 0 aromatic carbocycles. The monoisotopic (exact) mass is 559 g/mol. The molecule has 2 aromatic heterocycles. The number of aryl methyl sites for hydroxylation is 1. The normalized spacial score (nSPS) is 18.8. The lowest BCUT2D eigenvalue weighted by Crippen LogP contribution is -2.71. The van der Waals surface area contributed by atoms with Gasteiger partial charge in [0.25, 0.3) is 11.8 Å². The highest BCUT2D eigenvalue weighted by atomic mass is 32.2. The highest BCUT2D eigenvalue weighted by Crippen LogP contribution is 2.41. The zero-order valence-corrected chi connectivity index (χ0v) is 21.4. The smallest absolute Gasteiger partial charge is 0.352 e. The Balaban J connectivity index is 1.51. The van der Waals surface area contributed by atoms with Crippen LogP contribution in [0.1, 0.15) is 5.69 Å². The van der Waals surface area contributed by atoms with E-state index < -0.39 is 29.2 Å². The third-order valence-corrected chi connectivity index (χ3v) is 7.69. The maximum absolute atomic E-state index is 13.2. The van der Waals surface area contributed by atoms with Crippen molar-refractivity contribution in [2.45, 2.75) is 16.6 Å². The van der Waals surface area contributed by atoms with E-state index in [2.05, 4.69) is 42.9 Å². The summed E-state index contributed by atoms with van der Waals surface area (Å²) in [5.74, 6) is -1.82. The summed E-state index contributed by atoms with van der Waals surface area (Å²) in [5, 5.41) is 29.7. The van der Waals surface area contributed by atoms with Crippen LogP contribution in [-0.4, -0.2) is 94.6 Å². The van der Waals surface area contributed by atoms with Gasteiger partial charge < -0.3 is 20.6 Å².